The Morgan fingerprint density at radius 3 is 2.56 bits per heavy atom. The SMILES string of the molecule is CCCCC(CN(O)C=O)C(=O)NC(F)C(C)=O. The lowest BCUT2D eigenvalue weighted by Crippen LogP contribution is -2.43. The first-order valence-corrected chi connectivity index (χ1v) is 5.78. The molecule has 0 aliphatic rings. The maximum Gasteiger partial charge on any atom is 0.233 e. The van der Waals surface area contributed by atoms with Crippen molar-refractivity contribution < 1.29 is 24.0 Å². The van der Waals surface area contributed by atoms with Crippen molar-refractivity contribution in [3.63, 3.8) is 0 Å². The van der Waals surface area contributed by atoms with Crippen molar-refractivity contribution in [2.75, 3.05) is 6.54 Å². The van der Waals surface area contributed by atoms with Crippen LogP contribution in [0.3, 0.4) is 0 Å². The molecule has 2 N–H and O–H groups in total. The average molecular weight is 262 g/mol. The molecule has 0 aromatic carbocycles. The van der Waals surface area contributed by atoms with Crippen molar-refractivity contribution in [1.29, 1.82) is 0 Å². The first-order chi connectivity index (χ1) is 8.42. The van der Waals surface area contributed by atoms with Gasteiger partial charge in [0.1, 0.15) is 0 Å². The van der Waals surface area contributed by atoms with E-state index in [0.29, 0.717) is 17.9 Å². The predicted molar refractivity (Wildman–Crippen MR) is 61.3 cm³/mol. The van der Waals surface area contributed by atoms with Crippen molar-refractivity contribution in [2.24, 2.45) is 5.92 Å². The summed E-state index contributed by atoms with van der Waals surface area (Å²) in [5, 5.41) is 11.3. The Kier molecular flexibility index (Phi) is 7.86. The lowest BCUT2D eigenvalue weighted by atomic mass is 10.0. The van der Waals surface area contributed by atoms with Crippen LogP contribution in [0.25, 0.3) is 0 Å². The highest BCUT2D eigenvalue weighted by molar-refractivity contribution is 5.87. The fourth-order valence-corrected chi connectivity index (χ4v) is 1.37. The number of halogens is 1. The van der Waals surface area contributed by atoms with Gasteiger partial charge in [0.15, 0.2) is 5.78 Å². The molecule has 0 aliphatic carbocycles. The number of unbranched alkanes of at least 4 members (excludes halogenated alkanes) is 1. The molecule has 18 heavy (non-hydrogen) atoms. The van der Waals surface area contributed by atoms with Gasteiger partial charge >= 0.3 is 0 Å². The van der Waals surface area contributed by atoms with Crippen molar-refractivity contribution in [3.8, 4) is 0 Å². The van der Waals surface area contributed by atoms with Gasteiger partial charge in [-0.3, -0.25) is 19.6 Å². The van der Waals surface area contributed by atoms with Gasteiger partial charge in [-0.05, 0) is 13.3 Å². The molecule has 6 nitrogen and oxygen atoms in total. The molecule has 0 saturated heterocycles. The molecular weight excluding hydrogens is 243 g/mol. The van der Waals surface area contributed by atoms with Crippen molar-refractivity contribution in [1.82, 2.24) is 10.4 Å². The summed E-state index contributed by atoms with van der Waals surface area (Å²) in [5.74, 6) is -2.22. The molecule has 2 unspecified atom stereocenters. The van der Waals surface area contributed by atoms with Crippen LogP contribution in [0.5, 0.6) is 0 Å². The minimum Gasteiger partial charge on any atom is -0.320 e. The molecule has 0 aliphatic heterocycles. The third kappa shape index (κ3) is 6.29. The third-order valence-electron chi connectivity index (χ3n) is 2.43. The van der Waals surface area contributed by atoms with E-state index >= 15 is 0 Å². The maximum absolute atomic E-state index is 13.1. The molecule has 0 bridgehead atoms. The molecule has 0 aromatic heterocycles. The topological polar surface area (TPSA) is 86.7 Å². The predicted octanol–water partition coefficient (Wildman–Crippen LogP) is 0.641. The van der Waals surface area contributed by atoms with Gasteiger partial charge in [0.25, 0.3) is 0 Å². The number of nitrogens with one attached hydrogen (secondary N) is 1. The van der Waals surface area contributed by atoms with Crippen molar-refractivity contribution >= 4 is 18.1 Å². The van der Waals surface area contributed by atoms with E-state index in [0.717, 1.165) is 13.3 Å². The largest absolute Gasteiger partial charge is 0.320 e. The summed E-state index contributed by atoms with van der Waals surface area (Å²) >= 11 is 0. The normalized spacial score (nSPS) is 13.6. The van der Waals surface area contributed by atoms with Crippen LogP contribution < -0.4 is 5.32 Å². The Labute approximate surface area is 105 Å². The van der Waals surface area contributed by atoms with Gasteiger partial charge in [-0.25, -0.2) is 9.45 Å². The summed E-state index contributed by atoms with van der Waals surface area (Å²) in [6.07, 6.45) is 0.0382. The van der Waals surface area contributed by atoms with Crippen LogP contribution in [0.15, 0.2) is 0 Å². The summed E-state index contributed by atoms with van der Waals surface area (Å²) in [7, 11) is 0. The summed E-state index contributed by atoms with van der Waals surface area (Å²) in [4.78, 5) is 32.6. The number of alkyl halides is 1. The second kappa shape index (κ2) is 8.57. The van der Waals surface area contributed by atoms with E-state index < -0.39 is 23.9 Å². The average Bonchev–Trinajstić information content (AvgIpc) is 2.33. The molecule has 0 radical (unpaired) electrons. The van der Waals surface area contributed by atoms with Crippen LogP contribution in [0.4, 0.5) is 4.39 Å². The van der Waals surface area contributed by atoms with E-state index in [1.807, 2.05) is 12.2 Å². The zero-order valence-electron chi connectivity index (χ0n) is 10.6. The van der Waals surface area contributed by atoms with Gasteiger partial charge in [-0.1, -0.05) is 19.8 Å². The van der Waals surface area contributed by atoms with E-state index in [9.17, 15) is 18.8 Å². The number of hydrogen-bond acceptors (Lipinski definition) is 4. The lowest BCUT2D eigenvalue weighted by molar-refractivity contribution is -0.155. The second-order valence-corrected chi connectivity index (χ2v) is 4.05. The van der Waals surface area contributed by atoms with E-state index in [2.05, 4.69) is 0 Å². The van der Waals surface area contributed by atoms with Crippen LogP contribution in [0.2, 0.25) is 0 Å². The van der Waals surface area contributed by atoms with E-state index in [1.165, 1.54) is 0 Å². The molecule has 0 spiro atoms. The fourth-order valence-electron chi connectivity index (χ4n) is 1.37. The Morgan fingerprint density at radius 2 is 2.11 bits per heavy atom. The molecule has 0 heterocycles. The highest BCUT2D eigenvalue weighted by atomic mass is 19.1. The number of hydrogen-bond donors (Lipinski definition) is 2. The van der Waals surface area contributed by atoms with Gasteiger partial charge in [0.05, 0.1) is 12.5 Å². The number of carbonyl (C=O) groups is 3. The van der Waals surface area contributed by atoms with Gasteiger partial charge in [-0.15, -0.1) is 0 Å². The molecule has 0 rings (SSSR count). The zero-order valence-corrected chi connectivity index (χ0v) is 10.6. The highest BCUT2D eigenvalue weighted by Crippen LogP contribution is 2.10. The summed E-state index contributed by atoms with van der Waals surface area (Å²) < 4.78 is 13.1. The standard InChI is InChI=1S/C11H19FN2O4/c1-3-4-5-9(6-14(18)7-15)11(17)13-10(12)8(2)16/h7,9-10,18H,3-6H2,1-2H3,(H,13,17). The number of amides is 2. The minimum atomic E-state index is -2.05. The number of Topliss-reactive ketones (excluding diaryl/α,β-unsaturated/α-hetero) is 1. The quantitative estimate of drug-likeness (QED) is 0.276. The molecule has 0 aromatic rings. The third-order valence-corrected chi connectivity index (χ3v) is 2.43. The first kappa shape index (κ1) is 16.5. The Morgan fingerprint density at radius 1 is 1.50 bits per heavy atom. The van der Waals surface area contributed by atoms with Gasteiger partial charge in [-0.2, -0.15) is 0 Å². The highest BCUT2D eigenvalue weighted by Gasteiger charge is 2.24. The Hall–Kier alpha value is -1.50. The van der Waals surface area contributed by atoms with Crippen molar-refractivity contribution in [3.05, 3.63) is 0 Å². The summed E-state index contributed by atoms with van der Waals surface area (Å²) in [6.45, 7) is 2.72. The van der Waals surface area contributed by atoms with E-state index in [1.54, 1.807) is 0 Å². The Bertz CT molecular complexity index is 299. The molecule has 2 amide bonds. The van der Waals surface area contributed by atoms with Crippen LogP contribution in [-0.4, -0.2) is 41.2 Å². The molecule has 2 atom stereocenters. The minimum absolute atomic E-state index is 0.171. The first-order valence-electron chi connectivity index (χ1n) is 5.78. The van der Waals surface area contributed by atoms with Gasteiger partial charge < -0.3 is 5.32 Å². The lowest BCUT2D eigenvalue weighted by Gasteiger charge is -2.20. The maximum atomic E-state index is 13.1. The van der Waals surface area contributed by atoms with Gasteiger partial charge in [0, 0.05) is 0 Å². The number of hydroxylamine groups is 2. The smallest absolute Gasteiger partial charge is 0.233 e. The Balaban J connectivity index is 4.47. The van der Waals surface area contributed by atoms with Crippen LogP contribution >= 0.6 is 0 Å². The van der Waals surface area contributed by atoms with E-state index in [-0.39, 0.29) is 13.0 Å². The summed E-state index contributed by atoms with van der Waals surface area (Å²) in [5.41, 5.74) is 0. The monoisotopic (exact) mass is 262 g/mol. The van der Waals surface area contributed by atoms with Gasteiger partial charge in [0.2, 0.25) is 18.6 Å². The van der Waals surface area contributed by atoms with Crippen LogP contribution in [-0.2, 0) is 14.4 Å². The zero-order chi connectivity index (χ0) is 14.1. The van der Waals surface area contributed by atoms with Crippen LogP contribution in [0, 0.1) is 5.92 Å². The molecule has 7 heteroatoms. The molecule has 0 saturated carbocycles. The number of carbonyl (C=O) groups excluding carboxylic acids is 3. The molecule has 104 valence electrons. The molecule has 0 fully saturated rings. The number of ketones is 1. The number of nitrogens with zero attached hydrogens (tertiary/aromatic N) is 1. The second-order valence-electron chi connectivity index (χ2n) is 4.05. The fraction of sp³-hybridized carbons (Fsp3) is 0.727. The molecular formula is C11H19FN2O4. The van der Waals surface area contributed by atoms with Crippen molar-refractivity contribution in [2.45, 2.75) is 39.4 Å². The van der Waals surface area contributed by atoms with E-state index in [4.69, 9.17) is 5.21 Å². The number of rotatable bonds is 9. The van der Waals surface area contributed by atoms with Crippen LogP contribution in [0.1, 0.15) is 33.1 Å². The summed E-state index contributed by atoms with van der Waals surface area (Å²) in [6, 6.07) is 0.